The minimum Gasteiger partial charge on any atom is -0.396 e. The third-order valence-corrected chi connectivity index (χ3v) is 4.27. The number of aliphatic hydroxyl groups is 1. The van der Waals surface area contributed by atoms with E-state index in [0.29, 0.717) is 0 Å². The smallest absolute Gasteiger partial charge is 0.273 e. The van der Waals surface area contributed by atoms with Gasteiger partial charge in [0.25, 0.3) is 5.69 Å². The summed E-state index contributed by atoms with van der Waals surface area (Å²) in [6.45, 7) is 2.28. The topological polar surface area (TPSA) is 63.4 Å². The van der Waals surface area contributed by atoms with Crippen molar-refractivity contribution in [1.29, 1.82) is 0 Å². The van der Waals surface area contributed by atoms with Crippen LogP contribution in [0.15, 0.2) is 24.3 Å². The second kappa shape index (κ2) is 8.93. The predicted octanol–water partition coefficient (Wildman–Crippen LogP) is 3.94. The third kappa shape index (κ3) is 5.61. The van der Waals surface area contributed by atoms with Gasteiger partial charge in [0.1, 0.15) is 0 Å². The number of nitrogens with zero attached hydrogens (tertiary/aromatic N) is 1. The average molecular weight is 283 g/mol. The molecule has 5 heteroatoms. The van der Waals surface area contributed by atoms with Crippen LogP contribution in [0.25, 0.3) is 0 Å². The van der Waals surface area contributed by atoms with Gasteiger partial charge in [0.05, 0.1) is 4.92 Å². The second-order valence-corrected chi connectivity index (χ2v) is 5.92. The lowest BCUT2D eigenvalue weighted by Gasteiger charge is -2.11. The predicted molar refractivity (Wildman–Crippen MR) is 79.5 cm³/mol. The van der Waals surface area contributed by atoms with Crippen LogP contribution in [0.4, 0.5) is 5.69 Å². The summed E-state index contributed by atoms with van der Waals surface area (Å²) >= 11 is 1.75. The number of thioether (sulfide) groups is 1. The summed E-state index contributed by atoms with van der Waals surface area (Å²) in [6.07, 6.45) is 4.12. The standard InChI is InChI=1S/C14H21NO3S/c1-12(19-11-7-3-2-6-10-16)13-8-4-5-9-14(13)15(17)18/h4-5,8-9,12,16H,2-3,6-7,10-11H2,1H3. The van der Waals surface area contributed by atoms with Crippen LogP contribution in [-0.4, -0.2) is 22.4 Å². The van der Waals surface area contributed by atoms with Crippen molar-refractivity contribution in [2.24, 2.45) is 0 Å². The Morgan fingerprint density at radius 3 is 2.63 bits per heavy atom. The maximum Gasteiger partial charge on any atom is 0.273 e. The summed E-state index contributed by atoms with van der Waals surface area (Å²) in [6, 6.07) is 6.95. The Hall–Kier alpha value is -1.07. The summed E-state index contributed by atoms with van der Waals surface area (Å²) in [7, 11) is 0. The summed E-state index contributed by atoms with van der Waals surface area (Å²) in [5.41, 5.74) is 1.01. The van der Waals surface area contributed by atoms with Crippen molar-refractivity contribution in [1.82, 2.24) is 0 Å². The molecule has 1 atom stereocenters. The average Bonchev–Trinajstić information content (AvgIpc) is 2.42. The highest BCUT2D eigenvalue weighted by Crippen LogP contribution is 2.34. The van der Waals surface area contributed by atoms with Gasteiger partial charge in [-0.15, -0.1) is 0 Å². The molecule has 0 fully saturated rings. The molecule has 0 radical (unpaired) electrons. The van der Waals surface area contributed by atoms with E-state index in [9.17, 15) is 10.1 Å². The number of benzene rings is 1. The lowest BCUT2D eigenvalue weighted by Crippen LogP contribution is -1.98. The fourth-order valence-electron chi connectivity index (χ4n) is 1.91. The maximum absolute atomic E-state index is 10.9. The summed E-state index contributed by atoms with van der Waals surface area (Å²) in [5, 5.41) is 19.8. The molecular formula is C14H21NO3S. The van der Waals surface area contributed by atoms with Crippen molar-refractivity contribution in [2.75, 3.05) is 12.4 Å². The zero-order valence-corrected chi connectivity index (χ0v) is 12.1. The van der Waals surface area contributed by atoms with E-state index < -0.39 is 0 Å². The lowest BCUT2D eigenvalue weighted by atomic mass is 10.1. The first kappa shape index (κ1) is 16.0. The fraction of sp³-hybridized carbons (Fsp3) is 0.571. The van der Waals surface area contributed by atoms with Gasteiger partial charge in [0, 0.05) is 23.5 Å². The molecule has 1 unspecified atom stereocenters. The van der Waals surface area contributed by atoms with Gasteiger partial charge in [-0.2, -0.15) is 11.8 Å². The molecule has 1 aromatic rings. The molecule has 0 saturated heterocycles. The minimum absolute atomic E-state index is 0.138. The van der Waals surface area contributed by atoms with Gasteiger partial charge < -0.3 is 5.11 Å². The van der Waals surface area contributed by atoms with Gasteiger partial charge in [-0.05, 0) is 25.5 Å². The molecule has 1 aromatic carbocycles. The van der Waals surface area contributed by atoms with E-state index in [1.54, 1.807) is 23.9 Å². The molecule has 0 aliphatic heterocycles. The second-order valence-electron chi connectivity index (χ2n) is 4.47. The molecule has 0 spiro atoms. The molecule has 0 aliphatic carbocycles. The number of para-hydroxylation sites is 1. The molecule has 0 aromatic heterocycles. The number of rotatable bonds is 9. The first-order valence-corrected chi connectivity index (χ1v) is 7.67. The van der Waals surface area contributed by atoms with Crippen LogP contribution < -0.4 is 0 Å². The van der Waals surface area contributed by atoms with Gasteiger partial charge in [-0.25, -0.2) is 0 Å². The molecule has 0 bridgehead atoms. The Morgan fingerprint density at radius 2 is 1.95 bits per heavy atom. The summed E-state index contributed by atoms with van der Waals surface area (Å²) in [4.78, 5) is 10.6. The van der Waals surface area contributed by atoms with Gasteiger partial charge >= 0.3 is 0 Å². The molecule has 106 valence electrons. The highest BCUT2D eigenvalue weighted by molar-refractivity contribution is 7.99. The fourth-order valence-corrected chi connectivity index (χ4v) is 3.02. The van der Waals surface area contributed by atoms with Crippen LogP contribution in [0.5, 0.6) is 0 Å². The normalized spacial score (nSPS) is 12.3. The van der Waals surface area contributed by atoms with Crippen LogP contribution in [0, 0.1) is 10.1 Å². The van der Waals surface area contributed by atoms with Crippen molar-refractivity contribution in [2.45, 2.75) is 37.9 Å². The highest BCUT2D eigenvalue weighted by atomic mass is 32.2. The molecule has 1 N–H and O–H groups in total. The van der Waals surface area contributed by atoms with Crippen molar-refractivity contribution < 1.29 is 10.0 Å². The zero-order chi connectivity index (χ0) is 14.1. The first-order chi connectivity index (χ1) is 9.16. The number of hydrogen-bond acceptors (Lipinski definition) is 4. The van der Waals surface area contributed by atoms with Crippen molar-refractivity contribution >= 4 is 17.4 Å². The van der Waals surface area contributed by atoms with Crippen LogP contribution >= 0.6 is 11.8 Å². The Bertz CT molecular complexity index is 398. The Labute approximate surface area is 118 Å². The molecular weight excluding hydrogens is 262 g/mol. The number of nitro benzene ring substituents is 1. The van der Waals surface area contributed by atoms with Crippen LogP contribution in [0.2, 0.25) is 0 Å². The van der Waals surface area contributed by atoms with E-state index in [-0.39, 0.29) is 22.5 Å². The molecule has 1 rings (SSSR count). The Morgan fingerprint density at radius 1 is 1.26 bits per heavy atom. The number of nitro groups is 1. The number of aliphatic hydroxyl groups excluding tert-OH is 1. The zero-order valence-electron chi connectivity index (χ0n) is 11.2. The van der Waals surface area contributed by atoms with E-state index in [2.05, 4.69) is 0 Å². The van der Waals surface area contributed by atoms with E-state index in [0.717, 1.165) is 37.0 Å². The minimum atomic E-state index is -0.312. The third-order valence-electron chi connectivity index (χ3n) is 2.99. The highest BCUT2D eigenvalue weighted by Gasteiger charge is 2.17. The SMILES string of the molecule is CC(SCCCCCCO)c1ccccc1[N+](=O)[O-]. The van der Waals surface area contributed by atoms with Crippen molar-refractivity contribution in [3.63, 3.8) is 0 Å². The Balaban J connectivity index is 2.41. The van der Waals surface area contributed by atoms with Gasteiger partial charge in [0.2, 0.25) is 0 Å². The molecule has 0 aliphatic rings. The summed E-state index contributed by atoms with van der Waals surface area (Å²) in [5.74, 6) is 0.999. The lowest BCUT2D eigenvalue weighted by molar-refractivity contribution is -0.385. The van der Waals surface area contributed by atoms with E-state index in [1.165, 1.54) is 0 Å². The number of unbranched alkanes of at least 4 members (excludes halogenated alkanes) is 3. The maximum atomic E-state index is 10.9. The Kier molecular flexibility index (Phi) is 7.52. The van der Waals surface area contributed by atoms with Crippen molar-refractivity contribution in [3.8, 4) is 0 Å². The quantitative estimate of drug-likeness (QED) is 0.423. The van der Waals surface area contributed by atoms with Crippen LogP contribution in [0.1, 0.15) is 43.4 Å². The van der Waals surface area contributed by atoms with Crippen LogP contribution in [0.3, 0.4) is 0 Å². The van der Waals surface area contributed by atoms with E-state index in [1.807, 2.05) is 19.1 Å². The molecule has 19 heavy (non-hydrogen) atoms. The van der Waals surface area contributed by atoms with E-state index in [4.69, 9.17) is 5.11 Å². The summed E-state index contributed by atoms with van der Waals surface area (Å²) < 4.78 is 0. The molecule has 0 heterocycles. The first-order valence-electron chi connectivity index (χ1n) is 6.62. The van der Waals surface area contributed by atoms with E-state index >= 15 is 0 Å². The van der Waals surface area contributed by atoms with Gasteiger partial charge in [-0.1, -0.05) is 31.0 Å². The monoisotopic (exact) mass is 283 g/mol. The van der Waals surface area contributed by atoms with Crippen molar-refractivity contribution in [3.05, 3.63) is 39.9 Å². The molecule has 0 saturated carbocycles. The number of hydrogen-bond donors (Lipinski definition) is 1. The largest absolute Gasteiger partial charge is 0.396 e. The van der Waals surface area contributed by atoms with Gasteiger partial charge in [0.15, 0.2) is 0 Å². The molecule has 0 amide bonds. The van der Waals surface area contributed by atoms with Gasteiger partial charge in [-0.3, -0.25) is 10.1 Å². The molecule has 4 nitrogen and oxygen atoms in total. The van der Waals surface area contributed by atoms with Crippen LogP contribution in [-0.2, 0) is 0 Å².